The van der Waals surface area contributed by atoms with Crippen molar-refractivity contribution in [2.45, 2.75) is 19.9 Å². The van der Waals surface area contributed by atoms with Gasteiger partial charge in [-0.25, -0.2) is 0 Å². The summed E-state index contributed by atoms with van der Waals surface area (Å²) in [6.07, 6.45) is 0. The molecule has 2 aromatic rings. The molecule has 0 amide bonds. The van der Waals surface area contributed by atoms with Gasteiger partial charge < -0.3 is 5.32 Å². The molecule has 0 aliphatic carbocycles. The Labute approximate surface area is 109 Å². The first kappa shape index (κ1) is 12.6. The van der Waals surface area contributed by atoms with Crippen molar-refractivity contribution in [2.24, 2.45) is 0 Å². The van der Waals surface area contributed by atoms with Crippen LogP contribution in [-0.4, -0.2) is 4.92 Å². The number of para-hydroxylation sites is 1. The van der Waals surface area contributed by atoms with Crippen LogP contribution in [0.5, 0.6) is 0 Å². The second-order valence-electron chi connectivity index (χ2n) is 4.11. The van der Waals surface area contributed by atoms with E-state index in [0.29, 0.717) is 11.3 Å². The summed E-state index contributed by atoms with van der Waals surface area (Å²) in [5.41, 5.74) is 1.39. The highest BCUT2D eigenvalue weighted by Gasteiger charge is 2.18. The molecule has 0 spiro atoms. The van der Waals surface area contributed by atoms with Crippen LogP contribution in [0.1, 0.15) is 23.4 Å². The Morgan fingerprint density at radius 1 is 1.33 bits per heavy atom. The molecular weight excluding hydrogens is 248 g/mol. The molecule has 94 valence electrons. The highest BCUT2D eigenvalue weighted by atomic mass is 32.1. The van der Waals surface area contributed by atoms with E-state index in [4.69, 9.17) is 0 Å². The predicted octanol–water partition coefficient (Wildman–Crippen LogP) is 4.14. The van der Waals surface area contributed by atoms with Gasteiger partial charge >= 0.3 is 0 Å². The number of benzene rings is 1. The first-order chi connectivity index (χ1) is 8.59. The monoisotopic (exact) mass is 262 g/mol. The Balaban J connectivity index is 2.29. The summed E-state index contributed by atoms with van der Waals surface area (Å²) in [6.45, 7) is 3.75. The second-order valence-corrected chi connectivity index (χ2v) is 5.09. The summed E-state index contributed by atoms with van der Waals surface area (Å²) in [4.78, 5) is 11.9. The minimum Gasteiger partial charge on any atom is -0.372 e. The molecule has 5 heteroatoms. The summed E-state index contributed by atoms with van der Waals surface area (Å²) in [5.74, 6) is 0. The van der Waals surface area contributed by atoms with E-state index in [-0.39, 0.29) is 16.7 Å². The summed E-state index contributed by atoms with van der Waals surface area (Å²) in [7, 11) is 0. The zero-order valence-electron chi connectivity index (χ0n) is 10.2. The van der Waals surface area contributed by atoms with Crippen molar-refractivity contribution < 1.29 is 4.92 Å². The molecule has 0 bridgehead atoms. The van der Waals surface area contributed by atoms with Gasteiger partial charge in [0, 0.05) is 10.4 Å². The van der Waals surface area contributed by atoms with E-state index in [2.05, 4.69) is 5.32 Å². The molecule has 0 fully saturated rings. The fourth-order valence-electron chi connectivity index (χ4n) is 1.86. The smallest absolute Gasteiger partial charge is 0.295 e. The first-order valence-corrected chi connectivity index (χ1v) is 6.51. The number of hydrogen-bond acceptors (Lipinski definition) is 4. The maximum atomic E-state index is 11.1. The van der Waals surface area contributed by atoms with E-state index in [0.717, 1.165) is 4.88 Å². The lowest BCUT2D eigenvalue weighted by molar-refractivity contribution is -0.384. The summed E-state index contributed by atoms with van der Waals surface area (Å²) in [5, 5.41) is 16.3. The molecule has 2 rings (SSSR count). The Kier molecular flexibility index (Phi) is 3.62. The van der Waals surface area contributed by atoms with Crippen LogP contribution in [0.3, 0.4) is 0 Å². The summed E-state index contributed by atoms with van der Waals surface area (Å²) < 4.78 is 0. The fraction of sp³-hybridized carbons (Fsp3) is 0.231. The molecule has 0 radical (unpaired) electrons. The van der Waals surface area contributed by atoms with Gasteiger partial charge in [-0.05, 0) is 31.4 Å². The molecule has 1 aromatic carbocycles. The van der Waals surface area contributed by atoms with Crippen LogP contribution in [0, 0.1) is 17.0 Å². The molecule has 1 N–H and O–H groups in total. The summed E-state index contributed by atoms with van der Waals surface area (Å²) in [6, 6.07) is 9.37. The van der Waals surface area contributed by atoms with Crippen LogP contribution < -0.4 is 5.32 Å². The maximum absolute atomic E-state index is 11.1. The number of nitro groups is 1. The Morgan fingerprint density at radius 2 is 2.11 bits per heavy atom. The molecule has 1 unspecified atom stereocenters. The lowest BCUT2D eigenvalue weighted by Gasteiger charge is -2.14. The van der Waals surface area contributed by atoms with Gasteiger partial charge in [0.05, 0.1) is 11.0 Å². The van der Waals surface area contributed by atoms with Crippen molar-refractivity contribution >= 4 is 22.7 Å². The standard InChI is InChI=1S/C13H14N2O2S/c1-9-5-3-6-11(13(9)15(16)17)14-10(2)12-7-4-8-18-12/h3-8,10,14H,1-2H3. The second kappa shape index (κ2) is 5.18. The predicted molar refractivity (Wildman–Crippen MR) is 74.2 cm³/mol. The third-order valence-corrected chi connectivity index (χ3v) is 3.82. The van der Waals surface area contributed by atoms with Crippen LogP contribution in [0.4, 0.5) is 11.4 Å². The number of anilines is 1. The Hall–Kier alpha value is -1.88. The fourth-order valence-corrected chi connectivity index (χ4v) is 2.59. The van der Waals surface area contributed by atoms with E-state index < -0.39 is 0 Å². The average Bonchev–Trinajstić information content (AvgIpc) is 2.81. The number of nitrogens with zero attached hydrogens (tertiary/aromatic N) is 1. The maximum Gasteiger partial charge on any atom is 0.295 e. The highest BCUT2D eigenvalue weighted by molar-refractivity contribution is 7.10. The number of hydrogen-bond donors (Lipinski definition) is 1. The third-order valence-electron chi connectivity index (χ3n) is 2.76. The van der Waals surface area contributed by atoms with Crippen molar-refractivity contribution in [3.8, 4) is 0 Å². The molecule has 0 aliphatic heterocycles. The lowest BCUT2D eigenvalue weighted by Crippen LogP contribution is -2.07. The molecule has 1 heterocycles. The highest BCUT2D eigenvalue weighted by Crippen LogP contribution is 2.31. The molecule has 0 saturated carbocycles. The molecule has 1 atom stereocenters. The SMILES string of the molecule is Cc1cccc(NC(C)c2cccs2)c1[N+](=O)[O-]. The molecule has 1 aromatic heterocycles. The van der Waals surface area contributed by atoms with Crippen molar-refractivity contribution in [3.05, 3.63) is 56.3 Å². The van der Waals surface area contributed by atoms with Crippen molar-refractivity contribution in [2.75, 3.05) is 5.32 Å². The lowest BCUT2D eigenvalue weighted by atomic mass is 10.1. The first-order valence-electron chi connectivity index (χ1n) is 5.63. The van der Waals surface area contributed by atoms with Gasteiger partial charge in [-0.15, -0.1) is 11.3 Å². The number of aryl methyl sites for hydroxylation is 1. The number of rotatable bonds is 4. The largest absolute Gasteiger partial charge is 0.372 e. The Morgan fingerprint density at radius 3 is 2.72 bits per heavy atom. The van der Waals surface area contributed by atoms with Crippen LogP contribution >= 0.6 is 11.3 Å². The minimum absolute atomic E-state index is 0.0606. The zero-order valence-corrected chi connectivity index (χ0v) is 11.0. The van der Waals surface area contributed by atoms with E-state index in [1.54, 1.807) is 30.4 Å². The van der Waals surface area contributed by atoms with Gasteiger partial charge in [0.1, 0.15) is 5.69 Å². The van der Waals surface area contributed by atoms with Crippen molar-refractivity contribution in [3.63, 3.8) is 0 Å². The minimum atomic E-state index is -0.335. The molecule has 0 saturated heterocycles. The number of nitro benzene ring substituents is 1. The van der Waals surface area contributed by atoms with Gasteiger partial charge in [-0.3, -0.25) is 10.1 Å². The van der Waals surface area contributed by atoms with E-state index in [1.807, 2.05) is 30.5 Å². The topological polar surface area (TPSA) is 55.2 Å². The van der Waals surface area contributed by atoms with Crippen LogP contribution in [0.2, 0.25) is 0 Å². The molecular formula is C13H14N2O2S. The van der Waals surface area contributed by atoms with Gasteiger partial charge in [0.15, 0.2) is 0 Å². The molecule has 18 heavy (non-hydrogen) atoms. The van der Waals surface area contributed by atoms with Crippen LogP contribution in [0.25, 0.3) is 0 Å². The van der Waals surface area contributed by atoms with Crippen LogP contribution in [-0.2, 0) is 0 Å². The van der Waals surface area contributed by atoms with Crippen LogP contribution in [0.15, 0.2) is 35.7 Å². The van der Waals surface area contributed by atoms with E-state index in [1.165, 1.54) is 0 Å². The van der Waals surface area contributed by atoms with Crippen molar-refractivity contribution in [1.82, 2.24) is 0 Å². The summed E-state index contributed by atoms with van der Waals surface area (Å²) >= 11 is 1.64. The van der Waals surface area contributed by atoms with Gasteiger partial charge in [0.25, 0.3) is 5.69 Å². The number of thiophene rings is 1. The van der Waals surface area contributed by atoms with E-state index in [9.17, 15) is 10.1 Å². The quantitative estimate of drug-likeness (QED) is 0.665. The molecule has 4 nitrogen and oxygen atoms in total. The van der Waals surface area contributed by atoms with Gasteiger partial charge in [-0.2, -0.15) is 0 Å². The Bertz CT molecular complexity index is 552. The van der Waals surface area contributed by atoms with Crippen molar-refractivity contribution in [1.29, 1.82) is 0 Å². The molecule has 0 aliphatic rings. The van der Waals surface area contributed by atoms with Gasteiger partial charge in [-0.1, -0.05) is 18.2 Å². The third kappa shape index (κ3) is 2.51. The average molecular weight is 262 g/mol. The van der Waals surface area contributed by atoms with Gasteiger partial charge in [0.2, 0.25) is 0 Å². The normalized spacial score (nSPS) is 12.1. The van der Waals surface area contributed by atoms with E-state index >= 15 is 0 Å². The number of nitrogens with one attached hydrogen (secondary N) is 1. The zero-order chi connectivity index (χ0) is 13.1.